The molecular formula is C11H12N2O. The summed E-state index contributed by atoms with van der Waals surface area (Å²) in [4.78, 5) is 11.8. The molecule has 2 fully saturated rings. The molecule has 2 unspecified atom stereocenters. The van der Waals surface area contributed by atoms with Gasteiger partial charge >= 0.3 is 0 Å². The van der Waals surface area contributed by atoms with Gasteiger partial charge in [-0.3, -0.25) is 4.79 Å². The van der Waals surface area contributed by atoms with Crippen molar-refractivity contribution in [3.8, 4) is 0 Å². The average Bonchev–Trinajstić information content (AvgIpc) is 2.77. The smallest absolute Gasteiger partial charge is 0.232 e. The van der Waals surface area contributed by atoms with E-state index in [0.29, 0.717) is 6.54 Å². The molecule has 3 nitrogen and oxygen atoms in total. The molecular weight excluding hydrogens is 176 g/mol. The lowest BCUT2D eigenvalue weighted by Crippen LogP contribution is -2.33. The monoisotopic (exact) mass is 188 g/mol. The highest BCUT2D eigenvalue weighted by molar-refractivity contribution is 5.97. The number of nitrogens with one attached hydrogen (secondary N) is 1. The van der Waals surface area contributed by atoms with Crippen LogP contribution in [-0.4, -0.2) is 18.0 Å². The van der Waals surface area contributed by atoms with Gasteiger partial charge in [0, 0.05) is 6.54 Å². The van der Waals surface area contributed by atoms with Crippen molar-refractivity contribution in [2.45, 2.75) is 17.4 Å². The summed E-state index contributed by atoms with van der Waals surface area (Å²) in [5.74, 6) is 0.0891. The van der Waals surface area contributed by atoms with E-state index in [4.69, 9.17) is 5.73 Å². The number of piperidine rings is 1. The molecule has 72 valence electrons. The second kappa shape index (κ2) is 2.17. The van der Waals surface area contributed by atoms with Gasteiger partial charge < -0.3 is 11.1 Å². The molecule has 0 bridgehead atoms. The average molecular weight is 188 g/mol. The summed E-state index contributed by atoms with van der Waals surface area (Å²) >= 11 is 0. The van der Waals surface area contributed by atoms with Crippen molar-refractivity contribution in [2.24, 2.45) is 5.73 Å². The number of nitrogens with two attached hydrogens (primary N) is 1. The fraction of sp³-hybridized carbons (Fsp3) is 0.364. The maximum absolute atomic E-state index is 11.8. The van der Waals surface area contributed by atoms with Crippen LogP contribution in [0.25, 0.3) is 0 Å². The SMILES string of the molecule is NC12CNC(=O)C1(c1ccccc1)C2. The lowest BCUT2D eigenvalue weighted by Gasteiger charge is -2.11. The van der Waals surface area contributed by atoms with Crippen LogP contribution in [-0.2, 0) is 10.2 Å². The largest absolute Gasteiger partial charge is 0.353 e. The highest BCUT2D eigenvalue weighted by atomic mass is 16.2. The van der Waals surface area contributed by atoms with Gasteiger partial charge in [-0.05, 0) is 12.0 Å². The zero-order chi connectivity index (χ0) is 9.81. The Hall–Kier alpha value is -1.35. The summed E-state index contributed by atoms with van der Waals surface area (Å²) < 4.78 is 0. The molecule has 2 atom stereocenters. The van der Waals surface area contributed by atoms with Crippen LogP contribution in [0, 0.1) is 0 Å². The number of benzene rings is 1. The van der Waals surface area contributed by atoms with Crippen LogP contribution in [0.3, 0.4) is 0 Å². The molecule has 1 aliphatic carbocycles. The van der Waals surface area contributed by atoms with Crippen molar-refractivity contribution in [3.05, 3.63) is 35.9 Å². The zero-order valence-corrected chi connectivity index (χ0v) is 7.79. The summed E-state index contributed by atoms with van der Waals surface area (Å²) in [6.45, 7) is 0.612. The lowest BCUT2D eigenvalue weighted by molar-refractivity contribution is -0.122. The van der Waals surface area contributed by atoms with Crippen LogP contribution in [0.4, 0.5) is 0 Å². The second-order valence-corrected chi connectivity index (χ2v) is 4.29. The van der Waals surface area contributed by atoms with E-state index in [0.717, 1.165) is 12.0 Å². The van der Waals surface area contributed by atoms with Gasteiger partial charge in [-0.15, -0.1) is 0 Å². The van der Waals surface area contributed by atoms with Gasteiger partial charge in [0.2, 0.25) is 5.91 Å². The second-order valence-electron chi connectivity index (χ2n) is 4.29. The molecule has 3 N–H and O–H groups in total. The van der Waals surface area contributed by atoms with Crippen LogP contribution >= 0.6 is 0 Å². The minimum absolute atomic E-state index is 0.0891. The number of carbonyl (C=O) groups excluding carboxylic acids is 1. The summed E-state index contributed by atoms with van der Waals surface area (Å²) in [5.41, 5.74) is 6.43. The lowest BCUT2D eigenvalue weighted by atomic mass is 9.92. The fourth-order valence-corrected chi connectivity index (χ4v) is 2.58. The third kappa shape index (κ3) is 0.700. The van der Waals surface area contributed by atoms with Crippen molar-refractivity contribution in [1.82, 2.24) is 5.32 Å². The van der Waals surface area contributed by atoms with Gasteiger partial charge in [-0.2, -0.15) is 0 Å². The number of fused-ring (bicyclic) bond motifs is 1. The van der Waals surface area contributed by atoms with Gasteiger partial charge in [-0.25, -0.2) is 0 Å². The number of carbonyl (C=O) groups is 1. The van der Waals surface area contributed by atoms with E-state index in [9.17, 15) is 4.79 Å². The molecule has 1 aromatic carbocycles. The summed E-state index contributed by atoms with van der Waals surface area (Å²) in [5, 5.41) is 2.83. The predicted octanol–water partition coefficient (Wildman–Crippen LogP) is 0.155. The predicted molar refractivity (Wildman–Crippen MR) is 52.7 cm³/mol. The molecule has 0 aromatic heterocycles. The van der Waals surface area contributed by atoms with Gasteiger partial charge in [0.15, 0.2) is 0 Å². The van der Waals surface area contributed by atoms with E-state index in [2.05, 4.69) is 5.32 Å². The van der Waals surface area contributed by atoms with Crippen molar-refractivity contribution in [3.63, 3.8) is 0 Å². The first kappa shape index (κ1) is 8.00. The molecule has 3 rings (SSSR count). The van der Waals surface area contributed by atoms with Gasteiger partial charge in [0.05, 0.1) is 11.0 Å². The molecule has 14 heavy (non-hydrogen) atoms. The van der Waals surface area contributed by atoms with Crippen molar-refractivity contribution in [2.75, 3.05) is 6.54 Å². The van der Waals surface area contributed by atoms with Crippen LogP contribution in [0.15, 0.2) is 30.3 Å². The van der Waals surface area contributed by atoms with Crippen LogP contribution in [0.2, 0.25) is 0 Å². The van der Waals surface area contributed by atoms with E-state index in [1.807, 2.05) is 30.3 Å². The third-order valence-corrected chi connectivity index (χ3v) is 3.52. The quantitative estimate of drug-likeness (QED) is 0.659. The minimum Gasteiger partial charge on any atom is -0.353 e. The first-order valence-electron chi connectivity index (χ1n) is 4.82. The van der Waals surface area contributed by atoms with Crippen molar-refractivity contribution >= 4 is 5.91 Å². The van der Waals surface area contributed by atoms with Gasteiger partial charge in [0.1, 0.15) is 0 Å². The molecule has 2 aliphatic rings. The molecule has 0 spiro atoms. The van der Waals surface area contributed by atoms with Crippen molar-refractivity contribution in [1.29, 1.82) is 0 Å². The van der Waals surface area contributed by atoms with E-state index in [-0.39, 0.29) is 11.4 Å². The molecule has 0 radical (unpaired) electrons. The van der Waals surface area contributed by atoms with E-state index < -0.39 is 5.41 Å². The fourth-order valence-electron chi connectivity index (χ4n) is 2.58. The Kier molecular flexibility index (Phi) is 1.24. The Morgan fingerprint density at radius 2 is 2.00 bits per heavy atom. The Balaban J connectivity index is 2.12. The Labute approximate surface area is 82.3 Å². The zero-order valence-electron chi connectivity index (χ0n) is 7.79. The topological polar surface area (TPSA) is 55.1 Å². The standard InChI is InChI=1S/C11H12N2O/c12-10-6-11(10,9(14)13-7-10)8-4-2-1-3-5-8/h1-5H,6-7,12H2,(H,13,14). The van der Waals surface area contributed by atoms with Crippen LogP contribution in [0.5, 0.6) is 0 Å². The molecule has 1 amide bonds. The maximum Gasteiger partial charge on any atom is 0.232 e. The number of hydrogen-bond donors (Lipinski definition) is 2. The van der Waals surface area contributed by atoms with Crippen molar-refractivity contribution < 1.29 is 4.79 Å². The molecule has 1 aromatic rings. The molecule has 1 saturated carbocycles. The van der Waals surface area contributed by atoms with Gasteiger partial charge in [0.25, 0.3) is 0 Å². The molecule has 1 aliphatic heterocycles. The summed E-state index contributed by atoms with van der Waals surface area (Å²) in [6, 6.07) is 9.83. The van der Waals surface area contributed by atoms with Crippen LogP contribution < -0.4 is 11.1 Å². The number of hydrogen-bond acceptors (Lipinski definition) is 2. The Morgan fingerprint density at radius 1 is 1.29 bits per heavy atom. The van der Waals surface area contributed by atoms with Gasteiger partial charge in [-0.1, -0.05) is 30.3 Å². The summed E-state index contributed by atoms with van der Waals surface area (Å²) in [6.07, 6.45) is 0.788. The Morgan fingerprint density at radius 3 is 2.50 bits per heavy atom. The number of amides is 1. The van der Waals surface area contributed by atoms with E-state index in [1.54, 1.807) is 0 Å². The highest BCUT2D eigenvalue weighted by Crippen LogP contribution is 2.58. The Bertz CT molecular complexity index is 403. The van der Waals surface area contributed by atoms with E-state index >= 15 is 0 Å². The maximum atomic E-state index is 11.8. The molecule has 3 heteroatoms. The number of rotatable bonds is 1. The van der Waals surface area contributed by atoms with Crippen LogP contribution in [0.1, 0.15) is 12.0 Å². The normalized spacial score (nSPS) is 39.1. The minimum atomic E-state index is -0.422. The van der Waals surface area contributed by atoms with E-state index in [1.165, 1.54) is 0 Å². The molecule has 1 heterocycles. The summed E-state index contributed by atoms with van der Waals surface area (Å²) in [7, 11) is 0. The first-order chi connectivity index (χ1) is 6.69. The molecule has 1 saturated heterocycles. The third-order valence-electron chi connectivity index (χ3n) is 3.52. The first-order valence-corrected chi connectivity index (χ1v) is 4.82. The highest BCUT2D eigenvalue weighted by Gasteiger charge is 2.74.